The van der Waals surface area contributed by atoms with Gasteiger partial charge >= 0.3 is 18.0 Å². The summed E-state index contributed by atoms with van der Waals surface area (Å²) in [4.78, 5) is 60.8. The molecular formula is C38H47N7O7. The van der Waals surface area contributed by atoms with E-state index in [0.717, 1.165) is 42.7 Å². The van der Waals surface area contributed by atoms with Gasteiger partial charge in [-0.2, -0.15) is 0 Å². The first-order valence-electron chi connectivity index (χ1n) is 17.4. The van der Waals surface area contributed by atoms with Crippen LogP contribution in [0.5, 0.6) is 0 Å². The molecule has 14 heteroatoms. The highest BCUT2D eigenvalue weighted by Crippen LogP contribution is 2.22. The maximum absolute atomic E-state index is 13.8. The first-order chi connectivity index (χ1) is 25.0. The van der Waals surface area contributed by atoms with Crippen LogP contribution in [-0.4, -0.2) is 63.8 Å². The Morgan fingerprint density at radius 1 is 0.942 bits per heavy atom. The van der Waals surface area contributed by atoms with Gasteiger partial charge in [0.1, 0.15) is 17.5 Å². The summed E-state index contributed by atoms with van der Waals surface area (Å²) in [7, 11) is 1.89. The van der Waals surface area contributed by atoms with E-state index < -0.39 is 24.3 Å². The van der Waals surface area contributed by atoms with Gasteiger partial charge in [-0.15, -0.1) is 0 Å². The van der Waals surface area contributed by atoms with Crippen LogP contribution < -0.4 is 15.5 Å². The number of pyridine rings is 1. The van der Waals surface area contributed by atoms with Crippen LogP contribution >= 0.6 is 0 Å². The largest absolute Gasteiger partial charge is 0.449 e. The number of carbonyl (C=O) groups is 4. The summed E-state index contributed by atoms with van der Waals surface area (Å²) in [5, 5.41) is 14.0. The second-order valence-corrected chi connectivity index (χ2v) is 12.5. The van der Waals surface area contributed by atoms with Crippen molar-refractivity contribution in [3.8, 4) is 0 Å². The molecule has 0 aliphatic rings. The fraction of sp³-hybridized carbons (Fsp3) is 0.395. The van der Waals surface area contributed by atoms with Crippen LogP contribution in [0.1, 0.15) is 81.5 Å². The number of imidazole rings is 1. The number of ether oxygens (including phenoxy) is 3. The van der Waals surface area contributed by atoms with Crippen molar-refractivity contribution >= 4 is 52.3 Å². The molecule has 3 N–H and O–H groups in total. The number of fused-ring (bicyclic) bond motifs is 1. The van der Waals surface area contributed by atoms with Gasteiger partial charge in [-0.3, -0.25) is 30.0 Å². The molecule has 14 nitrogen and oxygen atoms in total. The predicted molar refractivity (Wildman–Crippen MR) is 197 cm³/mol. The Kier molecular flexibility index (Phi) is 14.2. The lowest BCUT2D eigenvalue weighted by Crippen LogP contribution is -2.34. The molecule has 2 heterocycles. The number of rotatable bonds is 17. The highest BCUT2D eigenvalue weighted by molar-refractivity contribution is 6.07. The molecule has 2 aromatic carbocycles. The van der Waals surface area contributed by atoms with E-state index in [1.54, 1.807) is 62.5 Å². The van der Waals surface area contributed by atoms with Gasteiger partial charge in [0.2, 0.25) is 6.29 Å². The lowest BCUT2D eigenvalue weighted by atomic mass is 10.1. The number of nitrogens with zero attached hydrogens (tertiary/aromatic N) is 4. The second kappa shape index (κ2) is 19.0. The fourth-order valence-corrected chi connectivity index (χ4v) is 5.14. The summed E-state index contributed by atoms with van der Waals surface area (Å²) < 4.78 is 17.4. The van der Waals surface area contributed by atoms with Crippen LogP contribution in [0.2, 0.25) is 0 Å². The Balaban J connectivity index is 1.38. The minimum Gasteiger partial charge on any atom is -0.449 e. The van der Waals surface area contributed by atoms with E-state index in [1.807, 2.05) is 29.8 Å². The zero-order valence-corrected chi connectivity index (χ0v) is 30.3. The minimum atomic E-state index is -1.06. The second-order valence-electron chi connectivity index (χ2n) is 12.5. The monoisotopic (exact) mass is 713 g/mol. The zero-order chi connectivity index (χ0) is 37.6. The van der Waals surface area contributed by atoms with Crippen LogP contribution in [0.15, 0.2) is 66.9 Å². The molecule has 0 fully saturated rings. The average Bonchev–Trinajstić information content (AvgIpc) is 3.45. The van der Waals surface area contributed by atoms with Crippen molar-refractivity contribution in [2.24, 2.45) is 13.0 Å². The van der Waals surface area contributed by atoms with E-state index in [0.29, 0.717) is 35.6 Å². The van der Waals surface area contributed by atoms with Crippen molar-refractivity contribution in [2.45, 2.75) is 72.6 Å². The molecule has 0 aliphatic heterocycles. The third-order valence-electron chi connectivity index (χ3n) is 8.06. The summed E-state index contributed by atoms with van der Waals surface area (Å²) in [6.07, 6.45) is 3.69. The molecule has 4 rings (SSSR count). The van der Waals surface area contributed by atoms with Crippen LogP contribution in [-0.2, 0) is 37.4 Å². The van der Waals surface area contributed by atoms with Crippen molar-refractivity contribution in [3.63, 3.8) is 0 Å². The number of aromatic nitrogens is 3. The maximum Gasteiger partial charge on any atom is 0.412 e. The van der Waals surface area contributed by atoms with E-state index in [9.17, 15) is 19.2 Å². The lowest BCUT2D eigenvalue weighted by Gasteiger charge is -2.22. The van der Waals surface area contributed by atoms with Crippen molar-refractivity contribution in [2.75, 3.05) is 23.4 Å². The maximum atomic E-state index is 13.8. The number of anilines is 2. The Labute approximate surface area is 303 Å². The molecule has 1 atom stereocenters. The molecule has 52 heavy (non-hydrogen) atoms. The molecule has 0 radical (unpaired) electrons. The highest BCUT2D eigenvalue weighted by atomic mass is 16.7. The summed E-state index contributed by atoms with van der Waals surface area (Å²) in [5.74, 6) is -0.826. The molecule has 1 unspecified atom stereocenters. The van der Waals surface area contributed by atoms with Crippen LogP contribution in [0.4, 0.5) is 16.3 Å². The molecule has 0 spiro atoms. The fourth-order valence-electron chi connectivity index (χ4n) is 5.14. The van der Waals surface area contributed by atoms with Crippen molar-refractivity contribution in [3.05, 3.63) is 83.8 Å². The average molecular weight is 714 g/mol. The Morgan fingerprint density at radius 2 is 1.69 bits per heavy atom. The van der Waals surface area contributed by atoms with Crippen molar-refractivity contribution in [1.82, 2.24) is 19.9 Å². The lowest BCUT2D eigenvalue weighted by molar-refractivity contribution is -0.186. The number of carbonyl (C=O) groups excluding carboxylic acids is 4. The van der Waals surface area contributed by atoms with Crippen LogP contribution in [0.3, 0.4) is 0 Å². The smallest absolute Gasteiger partial charge is 0.412 e. The molecule has 0 aliphatic carbocycles. The zero-order valence-electron chi connectivity index (χ0n) is 30.3. The topological polar surface area (TPSA) is 178 Å². The molecule has 2 aromatic heterocycles. The van der Waals surface area contributed by atoms with Crippen LogP contribution in [0, 0.1) is 11.3 Å². The Bertz CT molecular complexity index is 1840. The van der Waals surface area contributed by atoms with Gasteiger partial charge in [-0.25, -0.2) is 14.8 Å². The molecule has 276 valence electrons. The van der Waals surface area contributed by atoms with E-state index in [4.69, 9.17) is 24.6 Å². The van der Waals surface area contributed by atoms with Gasteiger partial charge in [0, 0.05) is 43.5 Å². The standard InChI is InChI=1S/C38H47N7O7/c1-6-7-8-11-22-50-38(49)43-35(39)27-13-16-29(17-14-27)41-24-33-42-30-23-28(15-18-31(30)44(33)5)36(47)45(32-12-9-10-20-40-32)21-19-34(46)51-26(4)52-37(48)25(2)3/h9-10,12-18,20,23,25-26,41H,6-8,11,19,21-22,24H2,1-5H3,(H2,39,43,49). The Hall–Kier alpha value is -5.79. The number of alkyl carbamates (subject to hydrolysis) is 1. The summed E-state index contributed by atoms with van der Waals surface area (Å²) in [5.41, 5.74) is 3.11. The van der Waals surface area contributed by atoms with Crippen molar-refractivity contribution < 1.29 is 33.4 Å². The Morgan fingerprint density at radius 3 is 2.38 bits per heavy atom. The number of aryl methyl sites for hydroxylation is 1. The number of amidine groups is 1. The molecule has 0 saturated carbocycles. The number of benzene rings is 2. The van der Waals surface area contributed by atoms with E-state index in [2.05, 4.69) is 22.5 Å². The highest BCUT2D eigenvalue weighted by Gasteiger charge is 2.23. The molecule has 0 saturated heterocycles. The number of hydrogen-bond acceptors (Lipinski definition) is 11. The number of esters is 2. The summed E-state index contributed by atoms with van der Waals surface area (Å²) >= 11 is 0. The first kappa shape index (κ1) is 39.0. The van der Waals surface area contributed by atoms with Gasteiger partial charge in [-0.05, 0) is 61.0 Å². The number of amides is 2. The third kappa shape index (κ3) is 11.1. The number of nitrogens with one attached hydrogen (secondary N) is 3. The first-order valence-corrected chi connectivity index (χ1v) is 17.4. The molecule has 2 amide bonds. The van der Waals surface area contributed by atoms with Crippen molar-refractivity contribution in [1.29, 1.82) is 5.41 Å². The number of unbranched alkanes of at least 4 members (excludes halogenated alkanes) is 3. The van der Waals surface area contributed by atoms with Gasteiger partial charge in [0.15, 0.2) is 0 Å². The number of hydrogen-bond donors (Lipinski definition) is 3. The van der Waals surface area contributed by atoms with Gasteiger partial charge in [-0.1, -0.05) is 46.1 Å². The quantitative estimate of drug-likeness (QED) is 0.0368. The molecule has 4 aromatic rings. The van der Waals surface area contributed by atoms with Gasteiger partial charge in [0.25, 0.3) is 5.91 Å². The van der Waals surface area contributed by atoms with E-state index in [1.165, 1.54) is 11.8 Å². The predicted octanol–water partition coefficient (Wildman–Crippen LogP) is 6.34. The molecule has 0 bridgehead atoms. The summed E-state index contributed by atoms with van der Waals surface area (Å²) in [6.45, 7) is 7.62. The molecular weight excluding hydrogens is 666 g/mol. The SMILES string of the molecule is CCCCCCOC(=O)NC(=N)c1ccc(NCc2nc3cc(C(=O)N(CCC(=O)OC(C)OC(=O)C(C)C)c4ccccn4)ccc3n2C)cc1. The van der Waals surface area contributed by atoms with E-state index >= 15 is 0 Å². The normalized spacial score (nSPS) is 11.5. The third-order valence-corrected chi connectivity index (χ3v) is 8.06. The van der Waals surface area contributed by atoms with Gasteiger partial charge in [0.05, 0.1) is 36.5 Å². The van der Waals surface area contributed by atoms with Gasteiger partial charge < -0.3 is 24.1 Å². The minimum absolute atomic E-state index is 0.0213. The van der Waals surface area contributed by atoms with E-state index in [-0.39, 0.29) is 30.6 Å². The summed E-state index contributed by atoms with van der Waals surface area (Å²) in [6, 6.07) is 17.5. The van der Waals surface area contributed by atoms with Crippen LogP contribution in [0.25, 0.3) is 11.0 Å².